The molecule has 0 spiro atoms. The summed E-state index contributed by atoms with van der Waals surface area (Å²) in [7, 11) is 6.52. The van der Waals surface area contributed by atoms with Crippen LogP contribution in [0.15, 0.2) is 70.4 Å². The van der Waals surface area contributed by atoms with Crippen LogP contribution in [0.4, 0.5) is 17.1 Å². The van der Waals surface area contributed by atoms with Gasteiger partial charge in [-0.25, -0.2) is 4.79 Å². The van der Waals surface area contributed by atoms with E-state index in [1.54, 1.807) is 48.1 Å². The van der Waals surface area contributed by atoms with Crippen molar-refractivity contribution in [3.8, 4) is 22.6 Å². The van der Waals surface area contributed by atoms with Crippen molar-refractivity contribution in [1.29, 1.82) is 0 Å². The van der Waals surface area contributed by atoms with Gasteiger partial charge in [-0.05, 0) is 68.8 Å². The van der Waals surface area contributed by atoms with Crippen molar-refractivity contribution in [3.63, 3.8) is 0 Å². The highest BCUT2D eigenvalue weighted by molar-refractivity contribution is 6.03. The molecule has 256 valence electrons. The monoisotopic (exact) mass is 669 g/mol. The molecule has 1 saturated heterocycles. The third kappa shape index (κ3) is 8.62. The van der Waals surface area contributed by atoms with Gasteiger partial charge in [-0.1, -0.05) is 12.1 Å². The molecule has 2 N–H and O–H groups in total. The summed E-state index contributed by atoms with van der Waals surface area (Å²) >= 11 is 0. The zero-order valence-electron chi connectivity index (χ0n) is 27.9. The summed E-state index contributed by atoms with van der Waals surface area (Å²) in [5.41, 5.74) is 3.71. The molecule has 5 rings (SSSR count). The maximum absolute atomic E-state index is 12.7. The van der Waals surface area contributed by atoms with E-state index in [2.05, 4.69) is 27.6 Å². The summed E-state index contributed by atoms with van der Waals surface area (Å²) < 4.78 is 23.1. The molecule has 2 amide bonds. The van der Waals surface area contributed by atoms with Crippen LogP contribution in [0, 0.1) is 0 Å². The largest absolute Gasteiger partial charge is 0.493 e. The minimum absolute atomic E-state index is 0.0937. The van der Waals surface area contributed by atoms with Gasteiger partial charge in [-0.15, -0.1) is 0 Å². The van der Waals surface area contributed by atoms with Crippen molar-refractivity contribution in [3.05, 3.63) is 78.0 Å². The lowest BCUT2D eigenvalue weighted by Crippen LogP contribution is -2.25. The van der Waals surface area contributed by atoms with Crippen molar-refractivity contribution in [1.82, 2.24) is 9.47 Å². The standard InChI is InChI=1S/C36H39N5O8/c1-40-13-5-7-28(40)19-37-29-18-32(31(46-3)15-24(29)21-42)48-14-6-8-34(43)38-26-11-9-23(10-12-26)25-16-33(49-22-25)35(44)39-27-17-30(36(45)47-4)41(2)20-27/h9-12,15-22,28H,5-8,13-14H2,1-4H3,(H,38,43)(H,39,44). The predicted octanol–water partition coefficient (Wildman–Crippen LogP) is 5.74. The highest BCUT2D eigenvalue weighted by atomic mass is 16.5. The molecule has 1 fully saturated rings. The first-order valence-electron chi connectivity index (χ1n) is 15.8. The lowest BCUT2D eigenvalue weighted by molar-refractivity contribution is -0.116. The molecule has 1 atom stereocenters. The number of nitrogens with zero attached hydrogens (tertiary/aromatic N) is 3. The maximum Gasteiger partial charge on any atom is 0.354 e. The Bertz CT molecular complexity index is 1840. The number of aliphatic imine (C=N–C) groups is 1. The Morgan fingerprint density at radius 1 is 1.00 bits per heavy atom. The number of ether oxygens (including phenoxy) is 3. The van der Waals surface area contributed by atoms with Gasteiger partial charge in [0.25, 0.3) is 5.91 Å². The quantitative estimate of drug-likeness (QED) is 0.0741. The van der Waals surface area contributed by atoms with E-state index in [9.17, 15) is 19.2 Å². The summed E-state index contributed by atoms with van der Waals surface area (Å²) in [6, 6.07) is 13.8. The molecule has 0 saturated carbocycles. The first-order chi connectivity index (χ1) is 23.7. The van der Waals surface area contributed by atoms with Crippen LogP contribution >= 0.6 is 0 Å². The first-order valence-corrected chi connectivity index (χ1v) is 15.8. The van der Waals surface area contributed by atoms with Crippen molar-refractivity contribution in [2.45, 2.75) is 31.7 Å². The molecule has 13 nitrogen and oxygen atoms in total. The van der Waals surface area contributed by atoms with Gasteiger partial charge in [-0.2, -0.15) is 0 Å². The maximum atomic E-state index is 12.7. The number of furan rings is 1. The lowest BCUT2D eigenvalue weighted by atomic mass is 10.1. The Morgan fingerprint density at radius 3 is 2.49 bits per heavy atom. The molecule has 2 aromatic carbocycles. The second-order valence-corrected chi connectivity index (χ2v) is 11.6. The zero-order chi connectivity index (χ0) is 34.9. The summed E-state index contributed by atoms with van der Waals surface area (Å²) in [5.74, 6) is -0.207. The number of benzene rings is 2. The summed E-state index contributed by atoms with van der Waals surface area (Å²) in [6.07, 6.45) is 8.48. The summed E-state index contributed by atoms with van der Waals surface area (Å²) in [5, 5.41) is 5.59. The number of carbonyl (C=O) groups is 4. The minimum Gasteiger partial charge on any atom is -0.493 e. The minimum atomic E-state index is -0.514. The fraction of sp³-hybridized carbons (Fsp3) is 0.306. The molecule has 1 aliphatic heterocycles. The van der Waals surface area contributed by atoms with Gasteiger partial charge in [-0.3, -0.25) is 24.3 Å². The number of anilines is 2. The van der Waals surface area contributed by atoms with Crippen LogP contribution in [0.5, 0.6) is 11.5 Å². The van der Waals surface area contributed by atoms with Gasteiger partial charge in [0, 0.05) is 54.8 Å². The number of amides is 2. The topological polar surface area (TPSA) is 154 Å². The Morgan fingerprint density at radius 2 is 1.80 bits per heavy atom. The Labute approximate surface area is 283 Å². The molecule has 0 radical (unpaired) electrons. The van der Waals surface area contributed by atoms with Crippen molar-refractivity contribution < 1.29 is 37.8 Å². The van der Waals surface area contributed by atoms with E-state index in [-0.39, 0.29) is 30.7 Å². The molecule has 49 heavy (non-hydrogen) atoms. The molecular formula is C36H39N5O8. The fourth-order valence-electron chi connectivity index (χ4n) is 5.46. The SMILES string of the molecule is COC(=O)c1cc(NC(=O)c2cc(-c3ccc(NC(=O)CCCOc4cc(N=CC5CCCN5C)c(C=O)cc4OC)cc3)co2)cn1C. The van der Waals surface area contributed by atoms with Crippen molar-refractivity contribution in [2.24, 2.45) is 12.0 Å². The molecule has 1 unspecified atom stereocenters. The van der Waals surface area contributed by atoms with Crippen molar-refractivity contribution >= 4 is 47.3 Å². The van der Waals surface area contributed by atoms with Crippen molar-refractivity contribution in [2.75, 3.05) is 45.1 Å². The van der Waals surface area contributed by atoms with Crippen LogP contribution in [0.2, 0.25) is 0 Å². The fourth-order valence-corrected chi connectivity index (χ4v) is 5.46. The second-order valence-electron chi connectivity index (χ2n) is 11.6. The lowest BCUT2D eigenvalue weighted by Gasteiger charge is -2.15. The smallest absolute Gasteiger partial charge is 0.354 e. The van der Waals surface area contributed by atoms with E-state index in [0.717, 1.165) is 31.2 Å². The zero-order valence-corrected chi connectivity index (χ0v) is 27.9. The number of hydrogen-bond donors (Lipinski definition) is 2. The molecule has 0 bridgehead atoms. The summed E-state index contributed by atoms with van der Waals surface area (Å²) in [6.45, 7) is 1.27. The van der Waals surface area contributed by atoms with Gasteiger partial charge in [0.15, 0.2) is 23.5 Å². The van der Waals surface area contributed by atoms with E-state index in [4.69, 9.17) is 18.6 Å². The van der Waals surface area contributed by atoms with Gasteiger partial charge >= 0.3 is 5.97 Å². The van der Waals surface area contributed by atoms with Gasteiger partial charge < -0.3 is 33.8 Å². The molecule has 3 heterocycles. The normalized spacial score (nSPS) is 14.5. The van der Waals surface area contributed by atoms with Gasteiger partial charge in [0.05, 0.1) is 38.5 Å². The third-order valence-electron chi connectivity index (χ3n) is 8.19. The number of hydrogen-bond acceptors (Lipinski definition) is 10. The van der Waals surface area contributed by atoms with Gasteiger partial charge in [0.1, 0.15) is 5.69 Å². The number of carbonyl (C=O) groups excluding carboxylic acids is 4. The highest BCUT2D eigenvalue weighted by Crippen LogP contribution is 2.35. The Kier molecular flexibility index (Phi) is 11.3. The number of aromatic nitrogens is 1. The van der Waals surface area contributed by atoms with Crippen LogP contribution < -0.4 is 20.1 Å². The van der Waals surface area contributed by atoms with Crippen LogP contribution in [-0.4, -0.2) is 80.2 Å². The molecule has 4 aromatic rings. The van der Waals surface area contributed by atoms with Crippen LogP contribution in [0.3, 0.4) is 0 Å². The summed E-state index contributed by atoms with van der Waals surface area (Å²) in [4.78, 5) is 55.7. The first kappa shape index (κ1) is 34.6. The van der Waals surface area contributed by atoms with Crippen LogP contribution in [0.25, 0.3) is 11.1 Å². The average Bonchev–Trinajstić information content (AvgIpc) is 3.85. The average molecular weight is 670 g/mol. The third-order valence-corrected chi connectivity index (χ3v) is 8.19. The van der Waals surface area contributed by atoms with E-state index < -0.39 is 11.9 Å². The number of likely N-dealkylation sites (tertiary alicyclic amines) is 1. The second kappa shape index (κ2) is 15.9. The number of aryl methyl sites for hydroxylation is 1. The predicted molar refractivity (Wildman–Crippen MR) is 184 cm³/mol. The molecule has 13 heteroatoms. The molecule has 2 aromatic heterocycles. The van der Waals surface area contributed by atoms with Crippen LogP contribution in [0.1, 0.15) is 57.1 Å². The molecular weight excluding hydrogens is 630 g/mol. The number of aldehydes is 1. The molecule has 0 aliphatic carbocycles. The number of nitrogens with one attached hydrogen (secondary N) is 2. The van der Waals surface area contributed by atoms with E-state index in [1.807, 2.05) is 18.3 Å². The number of rotatable bonds is 14. The Hall–Kier alpha value is -5.69. The van der Waals surface area contributed by atoms with E-state index in [0.29, 0.717) is 51.8 Å². The number of esters is 1. The van der Waals surface area contributed by atoms with Gasteiger partial charge in [0.2, 0.25) is 5.91 Å². The van der Waals surface area contributed by atoms with E-state index in [1.165, 1.54) is 26.5 Å². The number of methoxy groups -OCH3 is 2. The highest BCUT2D eigenvalue weighted by Gasteiger charge is 2.20. The molecule has 1 aliphatic rings. The van der Waals surface area contributed by atoms with E-state index >= 15 is 0 Å². The Balaban J connectivity index is 1.11. The van der Waals surface area contributed by atoms with Crippen LogP contribution in [-0.2, 0) is 16.6 Å².